The van der Waals surface area contributed by atoms with Gasteiger partial charge in [0.25, 0.3) is 5.91 Å². The van der Waals surface area contributed by atoms with Gasteiger partial charge in [-0.15, -0.1) is 0 Å². The maximum Gasteiger partial charge on any atom is 0.258 e. The number of piperidine rings is 1. The Balaban J connectivity index is 1.44. The molecule has 1 amide bonds. The van der Waals surface area contributed by atoms with Crippen molar-refractivity contribution >= 4 is 29.0 Å². The lowest BCUT2D eigenvalue weighted by Gasteiger charge is -2.28. The molecule has 1 aliphatic heterocycles. The number of rotatable bonds is 5. The zero-order chi connectivity index (χ0) is 20.9. The maximum absolute atomic E-state index is 13.8. The van der Waals surface area contributed by atoms with Crippen molar-refractivity contribution in [3.8, 4) is 0 Å². The molecule has 154 valence electrons. The van der Waals surface area contributed by atoms with Gasteiger partial charge in [0.2, 0.25) is 5.95 Å². The molecular formula is C23H24FN5O. The summed E-state index contributed by atoms with van der Waals surface area (Å²) in [5, 5.41) is 5.93. The number of hydrogen-bond acceptors (Lipinski definition) is 5. The number of carbonyl (C=O) groups excluding carboxylic acids is 1. The number of aromatic nitrogens is 2. The smallest absolute Gasteiger partial charge is 0.258 e. The lowest BCUT2D eigenvalue weighted by Crippen LogP contribution is -2.30. The van der Waals surface area contributed by atoms with Crippen LogP contribution in [0.1, 0.15) is 35.3 Å². The summed E-state index contributed by atoms with van der Waals surface area (Å²) in [6, 6.07) is 15.1. The molecule has 7 heteroatoms. The zero-order valence-corrected chi connectivity index (χ0v) is 16.9. The highest BCUT2D eigenvalue weighted by atomic mass is 19.1. The van der Waals surface area contributed by atoms with Gasteiger partial charge >= 0.3 is 0 Å². The number of aryl methyl sites for hydroxylation is 1. The van der Waals surface area contributed by atoms with Gasteiger partial charge in [-0.25, -0.2) is 9.37 Å². The first-order chi connectivity index (χ1) is 14.6. The van der Waals surface area contributed by atoms with Crippen LogP contribution < -0.4 is 15.5 Å². The quantitative estimate of drug-likeness (QED) is 0.631. The summed E-state index contributed by atoms with van der Waals surface area (Å²) in [4.78, 5) is 23.7. The molecule has 2 heterocycles. The number of nitrogens with one attached hydrogen (secondary N) is 2. The molecule has 0 saturated carbocycles. The molecule has 1 aromatic heterocycles. The summed E-state index contributed by atoms with van der Waals surface area (Å²) in [7, 11) is 0. The van der Waals surface area contributed by atoms with Gasteiger partial charge < -0.3 is 15.5 Å². The lowest BCUT2D eigenvalue weighted by atomic mass is 10.1. The lowest BCUT2D eigenvalue weighted by molar-refractivity contribution is 0.102. The van der Waals surface area contributed by atoms with E-state index in [1.807, 2.05) is 25.1 Å². The first kappa shape index (κ1) is 19.8. The van der Waals surface area contributed by atoms with Crippen molar-refractivity contribution in [3.05, 3.63) is 71.7 Å². The Labute approximate surface area is 175 Å². The van der Waals surface area contributed by atoms with Crippen LogP contribution in [0.15, 0.2) is 54.6 Å². The molecule has 1 fully saturated rings. The van der Waals surface area contributed by atoms with Crippen molar-refractivity contribution in [2.45, 2.75) is 26.2 Å². The molecule has 30 heavy (non-hydrogen) atoms. The Kier molecular flexibility index (Phi) is 5.88. The Morgan fingerprint density at radius 3 is 2.40 bits per heavy atom. The van der Waals surface area contributed by atoms with E-state index in [-0.39, 0.29) is 5.56 Å². The molecule has 0 bridgehead atoms. The van der Waals surface area contributed by atoms with Crippen molar-refractivity contribution in [2.24, 2.45) is 0 Å². The predicted molar refractivity (Wildman–Crippen MR) is 117 cm³/mol. The second-order valence-electron chi connectivity index (χ2n) is 7.38. The number of benzene rings is 2. The molecule has 1 saturated heterocycles. The van der Waals surface area contributed by atoms with Gasteiger partial charge in [0.05, 0.1) is 5.56 Å². The number of anilines is 4. The fourth-order valence-electron chi connectivity index (χ4n) is 3.50. The highest BCUT2D eigenvalue weighted by Gasteiger charge is 2.14. The molecule has 0 radical (unpaired) electrons. The van der Waals surface area contributed by atoms with E-state index in [1.165, 1.54) is 31.4 Å². The average molecular weight is 405 g/mol. The van der Waals surface area contributed by atoms with Crippen LogP contribution in [0, 0.1) is 12.7 Å². The van der Waals surface area contributed by atoms with Gasteiger partial charge in [0.1, 0.15) is 11.6 Å². The van der Waals surface area contributed by atoms with E-state index in [2.05, 4.69) is 25.5 Å². The van der Waals surface area contributed by atoms with Crippen LogP contribution in [0.4, 0.5) is 27.5 Å². The molecule has 2 N–H and O–H groups in total. The molecule has 0 aliphatic carbocycles. The number of halogens is 1. The van der Waals surface area contributed by atoms with Gasteiger partial charge in [-0.3, -0.25) is 4.79 Å². The van der Waals surface area contributed by atoms with Gasteiger partial charge in [-0.2, -0.15) is 4.98 Å². The van der Waals surface area contributed by atoms with Crippen molar-refractivity contribution < 1.29 is 9.18 Å². The molecule has 3 aromatic rings. The number of amides is 1. The van der Waals surface area contributed by atoms with E-state index in [0.29, 0.717) is 11.6 Å². The second-order valence-corrected chi connectivity index (χ2v) is 7.38. The predicted octanol–water partition coefficient (Wildman–Crippen LogP) is 4.91. The molecule has 0 atom stereocenters. The molecule has 2 aromatic carbocycles. The van der Waals surface area contributed by atoms with Gasteiger partial charge in [-0.05, 0) is 62.6 Å². The molecule has 0 spiro atoms. The first-order valence-electron chi connectivity index (χ1n) is 10.1. The summed E-state index contributed by atoms with van der Waals surface area (Å²) in [6.45, 7) is 4.00. The minimum absolute atomic E-state index is 0.0121. The fourth-order valence-corrected chi connectivity index (χ4v) is 3.50. The summed E-state index contributed by atoms with van der Waals surface area (Å²) < 4.78 is 13.8. The standard InChI is InChI=1S/C23H24FN5O/c1-16-15-21(29-13-5-2-6-14-29)28-23(25-16)27-18-11-9-17(10-12-18)26-22(30)19-7-3-4-8-20(19)24/h3-4,7-12,15H,2,5-6,13-14H2,1H3,(H,26,30)(H,25,27,28). The summed E-state index contributed by atoms with van der Waals surface area (Å²) in [5.41, 5.74) is 2.29. The largest absolute Gasteiger partial charge is 0.356 e. The van der Waals surface area contributed by atoms with Crippen molar-refractivity contribution in [3.63, 3.8) is 0 Å². The summed E-state index contributed by atoms with van der Waals surface area (Å²) in [5.74, 6) is 0.452. The van der Waals surface area contributed by atoms with E-state index in [0.717, 1.165) is 30.3 Å². The van der Waals surface area contributed by atoms with Crippen LogP contribution in [0.5, 0.6) is 0 Å². The highest BCUT2D eigenvalue weighted by molar-refractivity contribution is 6.04. The topological polar surface area (TPSA) is 70.2 Å². The Morgan fingerprint density at radius 2 is 1.67 bits per heavy atom. The molecule has 6 nitrogen and oxygen atoms in total. The Hall–Kier alpha value is -3.48. The first-order valence-corrected chi connectivity index (χ1v) is 10.1. The van der Waals surface area contributed by atoms with Gasteiger partial charge in [-0.1, -0.05) is 12.1 Å². The van der Waals surface area contributed by atoms with Crippen LogP contribution >= 0.6 is 0 Å². The van der Waals surface area contributed by atoms with Crippen molar-refractivity contribution in [1.29, 1.82) is 0 Å². The third-order valence-electron chi connectivity index (χ3n) is 5.04. The van der Waals surface area contributed by atoms with Crippen molar-refractivity contribution in [1.82, 2.24) is 9.97 Å². The molecular weight excluding hydrogens is 381 g/mol. The highest BCUT2D eigenvalue weighted by Crippen LogP contribution is 2.22. The van der Waals surface area contributed by atoms with Crippen LogP contribution in [-0.2, 0) is 0 Å². The second kappa shape index (κ2) is 8.90. The van der Waals surface area contributed by atoms with Crippen LogP contribution in [-0.4, -0.2) is 29.0 Å². The average Bonchev–Trinajstić information content (AvgIpc) is 2.75. The molecule has 0 unspecified atom stereocenters. The van der Waals surface area contributed by atoms with Crippen LogP contribution in [0.2, 0.25) is 0 Å². The summed E-state index contributed by atoms with van der Waals surface area (Å²) in [6.07, 6.45) is 3.64. The van der Waals surface area contributed by atoms with Gasteiger partial charge in [0, 0.05) is 36.2 Å². The minimum atomic E-state index is -0.547. The van der Waals surface area contributed by atoms with E-state index in [9.17, 15) is 9.18 Å². The minimum Gasteiger partial charge on any atom is -0.356 e. The van der Waals surface area contributed by atoms with Crippen LogP contribution in [0.25, 0.3) is 0 Å². The Bertz CT molecular complexity index is 1030. The van der Waals surface area contributed by atoms with Crippen LogP contribution in [0.3, 0.4) is 0 Å². The number of carbonyl (C=O) groups is 1. The summed E-state index contributed by atoms with van der Waals surface area (Å²) >= 11 is 0. The Morgan fingerprint density at radius 1 is 0.967 bits per heavy atom. The monoisotopic (exact) mass is 405 g/mol. The normalized spacial score (nSPS) is 13.7. The number of hydrogen-bond donors (Lipinski definition) is 2. The van der Waals surface area contributed by atoms with E-state index in [4.69, 9.17) is 0 Å². The van der Waals surface area contributed by atoms with E-state index < -0.39 is 11.7 Å². The molecule has 4 rings (SSSR count). The van der Waals surface area contributed by atoms with E-state index >= 15 is 0 Å². The molecule has 1 aliphatic rings. The third kappa shape index (κ3) is 4.74. The third-order valence-corrected chi connectivity index (χ3v) is 5.04. The number of nitrogens with zero attached hydrogens (tertiary/aromatic N) is 3. The van der Waals surface area contributed by atoms with Crippen molar-refractivity contribution in [2.75, 3.05) is 28.6 Å². The maximum atomic E-state index is 13.8. The fraction of sp³-hybridized carbons (Fsp3) is 0.261. The SMILES string of the molecule is Cc1cc(N2CCCCC2)nc(Nc2ccc(NC(=O)c3ccccc3F)cc2)n1. The van der Waals surface area contributed by atoms with Gasteiger partial charge in [0.15, 0.2) is 0 Å². The van der Waals surface area contributed by atoms with E-state index in [1.54, 1.807) is 24.3 Å². The zero-order valence-electron chi connectivity index (χ0n) is 16.9.